The lowest BCUT2D eigenvalue weighted by atomic mass is 10.1. The number of halogens is 1. The van der Waals surface area contributed by atoms with Crippen molar-refractivity contribution in [1.82, 2.24) is 9.78 Å². The Balaban J connectivity index is 2.31. The van der Waals surface area contributed by atoms with E-state index in [0.717, 1.165) is 26.2 Å². The first-order valence-electron chi connectivity index (χ1n) is 5.30. The van der Waals surface area contributed by atoms with Crippen molar-refractivity contribution in [3.63, 3.8) is 0 Å². The molecule has 92 valence electrons. The molecule has 0 radical (unpaired) electrons. The van der Waals surface area contributed by atoms with Crippen LogP contribution in [0.4, 0.5) is 0 Å². The zero-order valence-electron chi connectivity index (χ0n) is 9.48. The van der Waals surface area contributed by atoms with Crippen molar-refractivity contribution in [2.45, 2.75) is 10.6 Å². The Morgan fingerprint density at radius 3 is 3.06 bits per heavy atom. The van der Waals surface area contributed by atoms with Gasteiger partial charge in [-0.2, -0.15) is 5.10 Å². The van der Waals surface area contributed by atoms with Gasteiger partial charge in [0.2, 0.25) is 0 Å². The van der Waals surface area contributed by atoms with E-state index in [9.17, 15) is 4.79 Å². The number of carbonyl (C=O) groups is 1. The highest BCUT2D eigenvalue weighted by Crippen LogP contribution is 2.45. The van der Waals surface area contributed by atoms with Crippen LogP contribution in [0.3, 0.4) is 0 Å². The number of hydrogen-bond donors (Lipinski definition) is 1. The molecule has 1 N–H and O–H groups in total. The zero-order chi connectivity index (χ0) is 12.9. The van der Waals surface area contributed by atoms with E-state index in [0.29, 0.717) is 5.75 Å². The fourth-order valence-electron chi connectivity index (χ4n) is 2.20. The SMILES string of the molecule is Cn1nc(C(=O)O)c2c1-c1cccc(Br)c1SC2. The largest absolute Gasteiger partial charge is 0.476 e. The molecule has 1 aromatic carbocycles. The minimum Gasteiger partial charge on any atom is -0.476 e. The van der Waals surface area contributed by atoms with Gasteiger partial charge in [0.1, 0.15) is 0 Å². The van der Waals surface area contributed by atoms with Gasteiger partial charge in [-0.3, -0.25) is 4.68 Å². The number of carboxylic acids is 1. The number of aromatic nitrogens is 2. The van der Waals surface area contributed by atoms with Crippen LogP contribution in [-0.4, -0.2) is 20.9 Å². The Labute approximate surface area is 116 Å². The lowest BCUT2D eigenvalue weighted by Gasteiger charge is -2.18. The van der Waals surface area contributed by atoms with E-state index >= 15 is 0 Å². The molecule has 18 heavy (non-hydrogen) atoms. The summed E-state index contributed by atoms with van der Waals surface area (Å²) in [6.45, 7) is 0. The molecule has 0 bridgehead atoms. The molecule has 0 spiro atoms. The van der Waals surface area contributed by atoms with Crippen LogP contribution in [0, 0.1) is 0 Å². The molecule has 0 amide bonds. The van der Waals surface area contributed by atoms with Crippen molar-refractivity contribution in [2.24, 2.45) is 7.05 Å². The number of aromatic carboxylic acids is 1. The van der Waals surface area contributed by atoms with Crippen LogP contribution in [-0.2, 0) is 12.8 Å². The van der Waals surface area contributed by atoms with Gasteiger partial charge in [0.25, 0.3) is 0 Å². The number of hydrogen-bond acceptors (Lipinski definition) is 3. The fraction of sp³-hybridized carbons (Fsp3) is 0.167. The van der Waals surface area contributed by atoms with Gasteiger partial charge < -0.3 is 5.11 Å². The third kappa shape index (κ3) is 1.59. The maximum absolute atomic E-state index is 11.2. The molecule has 1 aliphatic heterocycles. The average Bonchev–Trinajstić information content (AvgIpc) is 2.68. The van der Waals surface area contributed by atoms with E-state index in [1.807, 2.05) is 18.2 Å². The highest BCUT2D eigenvalue weighted by atomic mass is 79.9. The second kappa shape index (κ2) is 4.13. The van der Waals surface area contributed by atoms with Gasteiger partial charge in [-0.05, 0) is 22.0 Å². The molecule has 0 atom stereocenters. The second-order valence-electron chi connectivity index (χ2n) is 4.01. The Kier molecular flexibility index (Phi) is 2.71. The van der Waals surface area contributed by atoms with Crippen LogP contribution >= 0.6 is 27.7 Å². The van der Waals surface area contributed by atoms with Gasteiger partial charge in [-0.15, -0.1) is 11.8 Å². The highest BCUT2D eigenvalue weighted by Gasteiger charge is 2.28. The Bertz CT molecular complexity index is 666. The van der Waals surface area contributed by atoms with E-state index in [-0.39, 0.29) is 5.69 Å². The van der Waals surface area contributed by atoms with E-state index < -0.39 is 5.97 Å². The number of aryl methyl sites for hydroxylation is 1. The molecular weight excluding hydrogens is 316 g/mol. The maximum Gasteiger partial charge on any atom is 0.356 e. The van der Waals surface area contributed by atoms with Crippen molar-refractivity contribution in [2.75, 3.05) is 0 Å². The summed E-state index contributed by atoms with van der Waals surface area (Å²) < 4.78 is 2.69. The normalized spacial score (nSPS) is 13.0. The van der Waals surface area contributed by atoms with Gasteiger partial charge in [0, 0.05) is 33.3 Å². The number of fused-ring (bicyclic) bond motifs is 3. The second-order valence-corrected chi connectivity index (χ2v) is 5.85. The van der Waals surface area contributed by atoms with Crippen molar-refractivity contribution >= 4 is 33.7 Å². The molecular formula is C12H9BrN2O2S. The number of carboxylic acid groups (broad SMARTS) is 1. The van der Waals surface area contributed by atoms with Gasteiger partial charge in [-0.25, -0.2) is 4.79 Å². The minimum atomic E-state index is -0.967. The molecule has 0 aliphatic carbocycles. The summed E-state index contributed by atoms with van der Waals surface area (Å²) in [5.41, 5.74) is 2.91. The number of rotatable bonds is 1. The lowest BCUT2D eigenvalue weighted by molar-refractivity contribution is 0.0689. The molecule has 1 aromatic heterocycles. The van der Waals surface area contributed by atoms with Crippen LogP contribution in [0.25, 0.3) is 11.3 Å². The lowest BCUT2D eigenvalue weighted by Crippen LogP contribution is -2.03. The van der Waals surface area contributed by atoms with Crippen molar-refractivity contribution in [1.29, 1.82) is 0 Å². The van der Waals surface area contributed by atoms with Crippen LogP contribution in [0.1, 0.15) is 16.1 Å². The number of benzene rings is 1. The van der Waals surface area contributed by atoms with E-state index in [1.165, 1.54) is 0 Å². The molecule has 0 saturated heterocycles. The van der Waals surface area contributed by atoms with E-state index in [1.54, 1.807) is 23.5 Å². The molecule has 3 rings (SSSR count). The zero-order valence-corrected chi connectivity index (χ0v) is 11.9. The fourth-order valence-corrected chi connectivity index (χ4v) is 4.00. The smallest absolute Gasteiger partial charge is 0.356 e. The molecule has 0 unspecified atom stereocenters. The number of thioether (sulfide) groups is 1. The average molecular weight is 325 g/mol. The Hall–Kier alpha value is -1.27. The van der Waals surface area contributed by atoms with Gasteiger partial charge in [0.05, 0.1) is 5.69 Å². The molecule has 0 saturated carbocycles. The van der Waals surface area contributed by atoms with Gasteiger partial charge in [-0.1, -0.05) is 12.1 Å². The summed E-state index contributed by atoms with van der Waals surface area (Å²) in [5, 5.41) is 13.3. The summed E-state index contributed by atoms with van der Waals surface area (Å²) in [5.74, 6) is -0.327. The number of nitrogens with zero attached hydrogens (tertiary/aromatic N) is 2. The summed E-state index contributed by atoms with van der Waals surface area (Å²) >= 11 is 5.17. The summed E-state index contributed by atoms with van der Waals surface area (Å²) in [6, 6.07) is 5.94. The van der Waals surface area contributed by atoms with E-state index in [2.05, 4.69) is 21.0 Å². The van der Waals surface area contributed by atoms with Crippen LogP contribution in [0.15, 0.2) is 27.6 Å². The van der Waals surface area contributed by atoms with Crippen LogP contribution in [0.5, 0.6) is 0 Å². The third-order valence-electron chi connectivity index (χ3n) is 2.93. The Morgan fingerprint density at radius 2 is 2.33 bits per heavy atom. The Morgan fingerprint density at radius 1 is 1.56 bits per heavy atom. The van der Waals surface area contributed by atoms with Gasteiger partial charge in [0.15, 0.2) is 5.69 Å². The standard InChI is InChI=1S/C12H9BrN2O2S/c1-15-10-6-3-2-4-8(13)11(6)18-5-7(10)9(14-15)12(16)17/h2-4H,5H2,1H3,(H,16,17). The quantitative estimate of drug-likeness (QED) is 0.875. The maximum atomic E-state index is 11.2. The molecule has 2 heterocycles. The summed E-state index contributed by atoms with van der Waals surface area (Å²) in [6.07, 6.45) is 0. The highest BCUT2D eigenvalue weighted by molar-refractivity contribution is 9.10. The first-order valence-corrected chi connectivity index (χ1v) is 7.08. The summed E-state index contributed by atoms with van der Waals surface area (Å²) in [4.78, 5) is 12.3. The molecule has 2 aromatic rings. The van der Waals surface area contributed by atoms with Crippen LogP contribution < -0.4 is 0 Å². The van der Waals surface area contributed by atoms with Crippen molar-refractivity contribution in [3.8, 4) is 11.3 Å². The topological polar surface area (TPSA) is 55.1 Å². The molecule has 4 nitrogen and oxygen atoms in total. The van der Waals surface area contributed by atoms with Gasteiger partial charge >= 0.3 is 5.97 Å². The summed E-state index contributed by atoms with van der Waals surface area (Å²) in [7, 11) is 1.78. The third-order valence-corrected chi connectivity index (χ3v) is 5.02. The molecule has 1 aliphatic rings. The van der Waals surface area contributed by atoms with E-state index in [4.69, 9.17) is 5.11 Å². The van der Waals surface area contributed by atoms with Crippen molar-refractivity contribution < 1.29 is 9.90 Å². The molecule has 0 fully saturated rings. The first kappa shape index (κ1) is 11.8. The molecule has 6 heteroatoms. The predicted octanol–water partition coefficient (Wildman–Crippen LogP) is 3.15. The predicted molar refractivity (Wildman–Crippen MR) is 72.9 cm³/mol. The minimum absolute atomic E-state index is 0.158. The first-order chi connectivity index (χ1) is 8.59. The van der Waals surface area contributed by atoms with Crippen molar-refractivity contribution in [3.05, 3.63) is 33.9 Å². The van der Waals surface area contributed by atoms with Crippen LogP contribution in [0.2, 0.25) is 0 Å². The monoisotopic (exact) mass is 324 g/mol.